The van der Waals surface area contributed by atoms with Crippen molar-refractivity contribution in [2.24, 2.45) is 0 Å². The van der Waals surface area contributed by atoms with E-state index in [1.54, 1.807) is 17.5 Å². The second-order valence-corrected chi connectivity index (χ2v) is 9.72. The van der Waals surface area contributed by atoms with Gasteiger partial charge in [-0.2, -0.15) is 5.26 Å². The lowest BCUT2D eigenvalue weighted by molar-refractivity contribution is -0.138. The van der Waals surface area contributed by atoms with Crippen molar-refractivity contribution in [2.45, 2.75) is 38.8 Å². The van der Waals surface area contributed by atoms with Crippen molar-refractivity contribution in [3.05, 3.63) is 46.5 Å². The Morgan fingerprint density at radius 1 is 1.21 bits per heavy atom. The fourth-order valence-corrected chi connectivity index (χ4v) is 5.74. The minimum Gasteiger partial charge on any atom is -0.368 e. The molecule has 0 atom stereocenters. The summed E-state index contributed by atoms with van der Waals surface area (Å²) in [7, 11) is 2.12. The molecule has 33 heavy (non-hydrogen) atoms. The summed E-state index contributed by atoms with van der Waals surface area (Å²) in [6.45, 7) is 4.28. The van der Waals surface area contributed by atoms with Crippen LogP contribution in [0.1, 0.15) is 35.8 Å². The normalized spacial score (nSPS) is 16.3. The molecule has 0 unspecified atom stereocenters. The number of aromatic nitrogens is 1. The standard InChI is InChI=1S/C25H25N5O2S/c1-3-16-8-15(11-26)9-20(24(16)29(2)17-12-27-13-17)19-6-7-28-21-10-18(33-25(19)21)14-30-22(31)4-5-23(30)32/h6-10,17,27H,3-5,12-14H2,1-2H3. The maximum absolute atomic E-state index is 12.1. The molecule has 2 saturated heterocycles. The number of likely N-dealkylation sites (tertiary alicyclic amines) is 1. The molecule has 2 fully saturated rings. The number of benzene rings is 1. The predicted molar refractivity (Wildman–Crippen MR) is 129 cm³/mol. The van der Waals surface area contributed by atoms with Crippen molar-refractivity contribution >= 4 is 39.1 Å². The Balaban J connectivity index is 1.64. The van der Waals surface area contributed by atoms with Crippen LogP contribution in [-0.4, -0.2) is 47.9 Å². The summed E-state index contributed by atoms with van der Waals surface area (Å²) in [5.74, 6) is -0.226. The number of hydrogen-bond acceptors (Lipinski definition) is 7. The van der Waals surface area contributed by atoms with Crippen LogP contribution in [0, 0.1) is 11.3 Å². The third-order valence-corrected chi connectivity index (χ3v) is 7.72. The van der Waals surface area contributed by atoms with Crippen LogP contribution in [0.15, 0.2) is 30.5 Å². The molecule has 3 aromatic rings. The molecule has 0 aliphatic carbocycles. The molecule has 1 aromatic carbocycles. The molecule has 2 aliphatic rings. The maximum Gasteiger partial charge on any atom is 0.230 e. The summed E-state index contributed by atoms with van der Waals surface area (Å²) in [4.78, 5) is 33.4. The highest BCUT2D eigenvalue weighted by molar-refractivity contribution is 7.19. The van der Waals surface area contributed by atoms with Crippen LogP contribution in [-0.2, 0) is 22.6 Å². The Hall–Kier alpha value is -3.28. The Labute approximate surface area is 196 Å². The number of carbonyl (C=O) groups excluding carboxylic acids is 2. The maximum atomic E-state index is 12.1. The summed E-state index contributed by atoms with van der Waals surface area (Å²) in [6.07, 6.45) is 3.20. The van der Waals surface area contributed by atoms with Crippen molar-refractivity contribution in [3.63, 3.8) is 0 Å². The highest BCUT2D eigenvalue weighted by Gasteiger charge is 2.30. The molecular weight excluding hydrogens is 434 g/mol. The molecule has 2 amide bonds. The first-order valence-electron chi connectivity index (χ1n) is 11.2. The molecule has 4 heterocycles. The van der Waals surface area contributed by atoms with Crippen LogP contribution in [0.5, 0.6) is 0 Å². The fraction of sp³-hybridized carbons (Fsp3) is 0.360. The first-order chi connectivity index (χ1) is 16.0. The van der Waals surface area contributed by atoms with Crippen LogP contribution >= 0.6 is 11.3 Å². The van der Waals surface area contributed by atoms with Gasteiger partial charge in [0.1, 0.15) is 0 Å². The van der Waals surface area contributed by atoms with E-state index in [4.69, 9.17) is 0 Å². The lowest BCUT2D eigenvalue weighted by Crippen LogP contribution is -2.56. The molecular formula is C25H25N5O2S. The quantitative estimate of drug-likeness (QED) is 0.568. The molecule has 2 aromatic heterocycles. The van der Waals surface area contributed by atoms with E-state index in [1.807, 2.05) is 24.3 Å². The Bertz CT molecular complexity index is 1290. The van der Waals surface area contributed by atoms with Crippen LogP contribution in [0.4, 0.5) is 5.69 Å². The number of hydrogen-bond donors (Lipinski definition) is 1. The van der Waals surface area contributed by atoms with E-state index < -0.39 is 0 Å². The molecule has 0 bridgehead atoms. The van der Waals surface area contributed by atoms with E-state index >= 15 is 0 Å². The van der Waals surface area contributed by atoms with Crippen LogP contribution in [0.2, 0.25) is 0 Å². The highest BCUT2D eigenvalue weighted by atomic mass is 32.1. The zero-order valence-corrected chi connectivity index (χ0v) is 19.5. The number of fused-ring (bicyclic) bond motifs is 1. The second-order valence-electron chi connectivity index (χ2n) is 8.58. The smallest absolute Gasteiger partial charge is 0.230 e. The molecule has 0 spiro atoms. The van der Waals surface area contributed by atoms with Gasteiger partial charge in [0.15, 0.2) is 0 Å². The average molecular weight is 460 g/mol. The minimum absolute atomic E-state index is 0.113. The molecule has 0 radical (unpaired) electrons. The predicted octanol–water partition coefficient (Wildman–Crippen LogP) is 3.45. The SMILES string of the molecule is CCc1cc(C#N)cc(-c2ccnc3cc(CN4C(=O)CCC4=O)sc23)c1N(C)C1CNC1. The van der Waals surface area contributed by atoms with Gasteiger partial charge in [-0.15, -0.1) is 11.3 Å². The van der Waals surface area contributed by atoms with E-state index in [1.165, 1.54) is 4.90 Å². The summed E-state index contributed by atoms with van der Waals surface area (Å²) >= 11 is 1.56. The molecule has 7 nitrogen and oxygen atoms in total. The zero-order chi connectivity index (χ0) is 23.1. The number of anilines is 1. The van der Waals surface area contributed by atoms with E-state index in [2.05, 4.69) is 35.2 Å². The largest absolute Gasteiger partial charge is 0.368 e. The number of rotatable bonds is 6. The summed E-state index contributed by atoms with van der Waals surface area (Å²) in [5.41, 5.74) is 5.82. The van der Waals surface area contributed by atoms with Gasteiger partial charge in [-0.1, -0.05) is 6.92 Å². The van der Waals surface area contributed by atoms with Gasteiger partial charge in [0.2, 0.25) is 11.8 Å². The van der Waals surface area contributed by atoms with Crippen molar-refractivity contribution in [3.8, 4) is 17.2 Å². The van der Waals surface area contributed by atoms with Gasteiger partial charge in [-0.05, 0) is 36.2 Å². The number of amides is 2. The number of nitriles is 1. The lowest BCUT2D eigenvalue weighted by atomic mass is 9.94. The molecule has 2 aliphatic heterocycles. The van der Waals surface area contributed by atoms with Gasteiger partial charge in [0.25, 0.3) is 0 Å². The van der Waals surface area contributed by atoms with Crippen LogP contribution in [0.25, 0.3) is 21.3 Å². The number of pyridine rings is 1. The number of aryl methyl sites for hydroxylation is 1. The van der Waals surface area contributed by atoms with E-state index in [0.29, 0.717) is 24.4 Å². The molecule has 1 N–H and O–H groups in total. The monoisotopic (exact) mass is 459 g/mol. The summed E-state index contributed by atoms with van der Waals surface area (Å²) in [6, 6.07) is 10.7. The first kappa shape index (κ1) is 21.6. The van der Waals surface area contributed by atoms with Crippen molar-refractivity contribution in [2.75, 3.05) is 25.0 Å². The number of imide groups is 1. The topological polar surface area (TPSA) is 89.3 Å². The van der Waals surface area contributed by atoms with Gasteiger partial charge >= 0.3 is 0 Å². The average Bonchev–Trinajstić information content (AvgIpc) is 3.34. The van der Waals surface area contributed by atoms with Gasteiger partial charge in [0, 0.05) is 60.9 Å². The van der Waals surface area contributed by atoms with Crippen molar-refractivity contribution in [1.82, 2.24) is 15.2 Å². The minimum atomic E-state index is -0.113. The van der Waals surface area contributed by atoms with Crippen molar-refractivity contribution < 1.29 is 9.59 Å². The number of thiophene rings is 1. The Morgan fingerprint density at radius 2 is 1.97 bits per heavy atom. The lowest BCUT2D eigenvalue weighted by Gasteiger charge is -2.39. The third-order valence-electron chi connectivity index (χ3n) is 6.58. The first-order valence-corrected chi connectivity index (χ1v) is 12.0. The van der Waals surface area contributed by atoms with Gasteiger partial charge in [0.05, 0.1) is 34.4 Å². The molecule has 0 saturated carbocycles. The third kappa shape index (κ3) is 3.77. The molecule has 168 valence electrons. The summed E-state index contributed by atoms with van der Waals surface area (Å²) < 4.78 is 1.00. The number of nitrogens with zero attached hydrogens (tertiary/aromatic N) is 4. The van der Waals surface area contributed by atoms with E-state index in [0.717, 1.165) is 57.0 Å². The highest BCUT2D eigenvalue weighted by Crippen LogP contribution is 2.42. The number of nitrogens with one attached hydrogen (secondary N) is 1. The van der Waals surface area contributed by atoms with Gasteiger partial charge in [-0.3, -0.25) is 19.5 Å². The second kappa shape index (κ2) is 8.58. The van der Waals surface area contributed by atoms with Crippen molar-refractivity contribution in [1.29, 1.82) is 5.26 Å². The van der Waals surface area contributed by atoms with Gasteiger partial charge in [-0.25, -0.2) is 0 Å². The molecule has 5 rings (SSSR count). The van der Waals surface area contributed by atoms with E-state index in [9.17, 15) is 14.9 Å². The zero-order valence-electron chi connectivity index (χ0n) is 18.7. The van der Waals surface area contributed by atoms with E-state index in [-0.39, 0.29) is 18.4 Å². The summed E-state index contributed by atoms with van der Waals surface area (Å²) in [5, 5.41) is 13.0. The Morgan fingerprint density at radius 3 is 2.61 bits per heavy atom. The Kier molecular flexibility index (Phi) is 5.60. The van der Waals surface area contributed by atoms with Gasteiger partial charge < -0.3 is 10.2 Å². The van der Waals surface area contributed by atoms with Crippen LogP contribution in [0.3, 0.4) is 0 Å². The number of carbonyl (C=O) groups is 2. The van der Waals surface area contributed by atoms with Crippen LogP contribution < -0.4 is 10.2 Å². The number of likely N-dealkylation sites (N-methyl/N-ethyl adjacent to an activating group) is 1. The fourth-order valence-electron chi connectivity index (χ4n) is 4.61. The molecule has 8 heteroatoms.